The predicted octanol–water partition coefficient (Wildman–Crippen LogP) is 2.73. The van der Waals surface area contributed by atoms with E-state index in [-0.39, 0.29) is 5.82 Å². The number of benzene rings is 1. The number of nitrogens with zero attached hydrogens (tertiary/aromatic N) is 1. The number of hydrogen-bond acceptors (Lipinski definition) is 3. The third-order valence-electron chi connectivity index (χ3n) is 4.93. The lowest BCUT2D eigenvalue weighted by Gasteiger charge is -2.32. The second-order valence-corrected chi connectivity index (χ2v) is 7.02. The summed E-state index contributed by atoms with van der Waals surface area (Å²) in [6.45, 7) is 9.22. The van der Waals surface area contributed by atoms with Crippen molar-refractivity contribution in [2.75, 3.05) is 13.7 Å². The van der Waals surface area contributed by atoms with Crippen LogP contribution in [0.3, 0.4) is 0 Å². The Morgan fingerprint density at radius 3 is 2.43 bits per heavy atom. The molecule has 1 aliphatic heterocycles. The minimum absolute atomic E-state index is 0.292. The van der Waals surface area contributed by atoms with Crippen LogP contribution >= 0.6 is 0 Å². The third-order valence-corrected chi connectivity index (χ3v) is 4.93. The first-order valence-electron chi connectivity index (χ1n) is 7.88. The van der Waals surface area contributed by atoms with E-state index in [0.717, 1.165) is 16.4 Å². The first-order valence-corrected chi connectivity index (χ1v) is 7.88. The molecule has 0 N–H and O–H groups in total. The van der Waals surface area contributed by atoms with Crippen LogP contribution in [0.2, 0.25) is 0 Å². The first-order chi connectivity index (χ1) is 10.7. The molecular formula is C17H23BFNO3. The summed E-state index contributed by atoms with van der Waals surface area (Å²) in [6.07, 6.45) is 1.94. The van der Waals surface area contributed by atoms with E-state index in [4.69, 9.17) is 14.0 Å². The van der Waals surface area contributed by atoms with Crippen molar-refractivity contribution in [1.82, 2.24) is 4.57 Å². The Morgan fingerprint density at radius 1 is 1.17 bits per heavy atom. The van der Waals surface area contributed by atoms with E-state index >= 15 is 0 Å². The largest absolute Gasteiger partial charge is 0.495 e. The molecule has 0 aliphatic carbocycles. The second-order valence-electron chi connectivity index (χ2n) is 7.02. The van der Waals surface area contributed by atoms with Crippen LogP contribution in [0.5, 0.6) is 0 Å². The fourth-order valence-electron chi connectivity index (χ4n) is 2.84. The summed E-state index contributed by atoms with van der Waals surface area (Å²) in [7, 11) is 1.08. The Labute approximate surface area is 136 Å². The van der Waals surface area contributed by atoms with Crippen molar-refractivity contribution in [1.29, 1.82) is 0 Å². The molecule has 1 fully saturated rings. The molecule has 1 aliphatic rings. The van der Waals surface area contributed by atoms with Gasteiger partial charge in [-0.2, -0.15) is 0 Å². The fourth-order valence-corrected chi connectivity index (χ4v) is 2.84. The van der Waals surface area contributed by atoms with Gasteiger partial charge in [-0.15, -0.1) is 0 Å². The summed E-state index contributed by atoms with van der Waals surface area (Å²) in [6, 6.07) is 5.02. The molecule has 4 nitrogen and oxygen atoms in total. The molecule has 1 aromatic heterocycles. The van der Waals surface area contributed by atoms with Crippen LogP contribution in [0.15, 0.2) is 24.4 Å². The molecule has 6 heteroatoms. The molecule has 0 amide bonds. The molecule has 1 aromatic carbocycles. The van der Waals surface area contributed by atoms with Crippen molar-refractivity contribution in [3.63, 3.8) is 0 Å². The number of halogens is 1. The van der Waals surface area contributed by atoms with Crippen LogP contribution < -0.4 is 5.46 Å². The summed E-state index contributed by atoms with van der Waals surface area (Å²) in [4.78, 5) is 0. The van der Waals surface area contributed by atoms with Gasteiger partial charge in [-0.25, -0.2) is 4.39 Å². The number of methoxy groups -OCH3 is 1. The smallest absolute Gasteiger partial charge is 0.399 e. The number of rotatable bonds is 4. The van der Waals surface area contributed by atoms with Crippen LogP contribution in [0.1, 0.15) is 27.7 Å². The standard InChI is InChI=1S/C17H23BFNO3/c1-16(2)17(3,4)23-18(22-16)14-10-12(19)11-15-13(14)6-7-20(15)8-9-21-5/h6-7,10-11H,8-9H2,1-5H3. The van der Waals surface area contributed by atoms with Crippen molar-refractivity contribution < 1.29 is 18.4 Å². The van der Waals surface area contributed by atoms with E-state index in [1.54, 1.807) is 13.2 Å². The minimum atomic E-state index is -0.573. The molecule has 0 radical (unpaired) electrons. The van der Waals surface area contributed by atoms with E-state index in [1.165, 1.54) is 6.07 Å². The van der Waals surface area contributed by atoms with Gasteiger partial charge in [-0.3, -0.25) is 0 Å². The summed E-state index contributed by atoms with van der Waals surface area (Å²) in [5, 5.41) is 0.945. The van der Waals surface area contributed by atoms with Crippen LogP contribution in [0.4, 0.5) is 4.39 Å². The summed E-state index contributed by atoms with van der Waals surface area (Å²) < 4.78 is 33.4. The van der Waals surface area contributed by atoms with Crippen molar-refractivity contribution in [2.45, 2.75) is 45.4 Å². The molecule has 124 valence electrons. The van der Waals surface area contributed by atoms with Gasteiger partial charge in [0.15, 0.2) is 0 Å². The van der Waals surface area contributed by atoms with Crippen molar-refractivity contribution in [2.24, 2.45) is 0 Å². The lowest BCUT2D eigenvalue weighted by molar-refractivity contribution is 0.00578. The van der Waals surface area contributed by atoms with Crippen LogP contribution in [0, 0.1) is 5.82 Å². The second kappa shape index (κ2) is 5.62. The average Bonchev–Trinajstić information content (AvgIpc) is 2.94. The molecule has 3 rings (SSSR count). The lowest BCUT2D eigenvalue weighted by atomic mass is 9.77. The number of fused-ring (bicyclic) bond motifs is 1. The predicted molar refractivity (Wildman–Crippen MR) is 89.5 cm³/mol. The molecule has 23 heavy (non-hydrogen) atoms. The van der Waals surface area contributed by atoms with E-state index in [0.29, 0.717) is 13.2 Å². The third kappa shape index (κ3) is 2.79. The molecule has 2 heterocycles. The summed E-state index contributed by atoms with van der Waals surface area (Å²) >= 11 is 0. The highest BCUT2D eigenvalue weighted by Crippen LogP contribution is 2.37. The molecule has 1 saturated heterocycles. The highest BCUT2D eigenvalue weighted by molar-refractivity contribution is 6.65. The fraction of sp³-hybridized carbons (Fsp3) is 0.529. The van der Waals surface area contributed by atoms with Crippen molar-refractivity contribution in [3.8, 4) is 0 Å². The minimum Gasteiger partial charge on any atom is -0.399 e. The van der Waals surface area contributed by atoms with Crippen molar-refractivity contribution >= 4 is 23.5 Å². The molecule has 0 bridgehead atoms. The Balaban J connectivity index is 2.04. The molecule has 0 unspecified atom stereocenters. The Morgan fingerprint density at radius 2 is 1.83 bits per heavy atom. The average molecular weight is 319 g/mol. The zero-order chi connectivity index (χ0) is 16.8. The summed E-state index contributed by atoms with van der Waals surface area (Å²) in [5.74, 6) is -0.292. The summed E-state index contributed by atoms with van der Waals surface area (Å²) in [5.41, 5.74) is 0.658. The maximum atomic E-state index is 14.2. The Kier molecular flexibility index (Phi) is 4.03. The zero-order valence-electron chi connectivity index (χ0n) is 14.4. The van der Waals surface area contributed by atoms with Crippen LogP contribution in [0.25, 0.3) is 10.9 Å². The van der Waals surface area contributed by atoms with Gasteiger partial charge in [0.25, 0.3) is 0 Å². The Hall–Kier alpha value is -1.37. The van der Waals surface area contributed by atoms with E-state index in [9.17, 15) is 4.39 Å². The quantitative estimate of drug-likeness (QED) is 0.813. The highest BCUT2D eigenvalue weighted by Gasteiger charge is 2.52. The molecule has 2 aromatic rings. The van der Waals surface area contributed by atoms with Gasteiger partial charge in [-0.05, 0) is 56.7 Å². The monoisotopic (exact) mass is 319 g/mol. The maximum Gasteiger partial charge on any atom is 0.495 e. The molecular weight excluding hydrogens is 296 g/mol. The number of ether oxygens (including phenoxy) is 1. The highest BCUT2D eigenvalue weighted by atomic mass is 19.1. The topological polar surface area (TPSA) is 32.6 Å². The number of hydrogen-bond donors (Lipinski definition) is 0. The molecule has 0 atom stereocenters. The van der Waals surface area contributed by atoms with Gasteiger partial charge in [0.2, 0.25) is 0 Å². The van der Waals surface area contributed by atoms with E-state index in [1.807, 2.05) is 44.5 Å². The van der Waals surface area contributed by atoms with Gasteiger partial charge < -0.3 is 18.6 Å². The van der Waals surface area contributed by atoms with Crippen LogP contribution in [-0.4, -0.2) is 36.6 Å². The van der Waals surface area contributed by atoms with Gasteiger partial charge in [0, 0.05) is 19.9 Å². The SMILES string of the molecule is COCCn1ccc2c(B3OC(C)(C)C(C)(C)O3)cc(F)cc21. The molecule has 0 spiro atoms. The van der Waals surface area contributed by atoms with Gasteiger partial charge in [0.05, 0.1) is 23.3 Å². The number of aromatic nitrogens is 1. The van der Waals surface area contributed by atoms with Crippen LogP contribution in [-0.2, 0) is 20.6 Å². The molecule has 0 saturated carbocycles. The zero-order valence-corrected chi connectivity index (χ0v) is 14.4. The normalized spacial score (nSPS) is 19.7. The van der Waals surface area contributed by atoms with E-state index < -0.39 is 18.3 Å². The first kappa shape index (κ1) is 16.5. The van der Waals surface area contributed by atoms with Gasteiger partial charge in [-0.1, -0.05) is 0 Å². The van der Waals surface area contributed by atoms with E-state index in [2.05, 4.69) is 0 Å². The Bertz CT molecular complexity index is 710. The maximum absolute atomic E-state index is 14.2. The van der Waals surface area contributed by atoms with Crippen molar-refractivity contribution in [3.05, 3.63) is 30.2 Å². The van der Waals surface area contributed by atoms with Gasteiger partial charge >= 0.3 is 7.12 Å². The van der Waals surface area contributed by atoms with Gasteiger partial charge in [0.1, 0.15) is 5.82 Å². The lowest BCUT2D eigenvalue weighted by Crippen LogP contribution is -2.41.